The summed E-state index contributed by atoms with van der Waals surface area (Å²) >= 11 is 1.66. The van der Waals surface area contributed by atoms with Gasteiger partial charge in [0.05, 0.1) is 12.7 Å². The third-order valence-electron chi connectivity index (χ3n) is 5.11. The zero-order chi connectivity index (χ0) is 22.7. The highest BCUT2D eigenvalue weighted by Gasteiger charge is 2.37. The minimum Gasteiger partial charge on any atom is -0.496 e. The van der Waals surface area contributed by atoms with Crippen molar-refractivity contribution in [3.63, 3.8) is 0 Å². The Kier molecular flexibility index (Phi) is 6.27. The van der Waals surface area contributed by atoms with E-state index >= 15 is 0 Å². The second kappa shape index (κ2) is 9.12. The number of thioether (sulfide) groups is 1. The predicted octanol–water partition coefficient (Wildman–Crippen LogP) is 6.00. The Hall–Kier alpha value is -3.20. The first-order valence-electron chi connectivity index (χ1n) is 9.83. The summed E-state index contributed by atoms with van der Waals surface area (Å²) in [5.41, 5.74) is 1.73. The van der Waals surface area contributed by atoms with Crippen LogP contribution in [0.3, 0.4) is 0 Å². The van der Waals surface area contributed by atoms with Gasteiger partial charge in [-0.15, -0.1) is 11.8 Å². The molecule has 4 rings (SSSR count). The molecule has 0 radical (unpaired) electrons. The van der Waals surface area contributed by atoms with Crippen LogP contribution in [0.15, 0.2) is 65.8 Å². The van der Waals surface area contributed by atoms with Gasteiger partial charge in [-0.25, -0.2) is 4.79 Å². The first kappa shape index (κ1) is 22.0. The van der Waals surface area contributed by atoms with Gasteiger partial charge in [-0.1, -0.05) is 0 Å². The monoisotopic (exact) mass is 459 g/mol. The lowest BCUT2D eigenvalue weighted by Crippen LogP contribution is -2.33. The van der Waals surface area contributed by atoms with Crippen LogP contribution in [0.5, 0.6) is 5.75 Å². The molecule has 0 saturated heterocycles. The fraction of sp³-hybridized carbons (Fsp3) is 0.217. The molecule has 1 aromatic heterocycles. The second-order valence-corrected chi connectivity index (χ2v) is 8.23. The largest absolute Gasteiger partial charge is 0.496 e. The Labute approximate surface area is 187 Å². The van der Waals surface area contributed by atoms with Gasteiger partial charge in [0.2, 0.25) is 0 Å². The van der Waals surface area contributed by atoms with Crippen molar-refractivity contribution >= 4 is 29.2 Å². The van der Waals surface area contributed by atoms with E-state index in [-0.39, 0.29) is 11.4 Å². The summed E-state index contributed by atoms with van der Waals surface area (Å²) in [4.78, 5) is 19.1. The Morgan fingerprint density at radius 2 is 1.88 bits per heavy atom. The van der Waals surface area contributed by atoms with E-state index in [0.29, 0.717) is 24.2 Å². The van der Waals surface area contributed by atoms with E-state index in [2.05, 4.69) is 10.3 Å². The highest BCUT2D eigenvalue weighted by Crippen LogP contribution is 2.42. The highest BCUT2D eigenvalue weighted by atomic mass is 32.2. The second-order valence-electron chi connectivity index (χ2n) is 7.18. The minimum atomic E-state index is -4.57. The normalized spacial score (nSPS) is 13.1. The van der Waals surface area contributed by atoms with Gasteiger partial charge in [0.1, 0.15) is 5.75 Å². The van der Waals surface area contributed by atoms with Gasteiger partial charge in [0.15, 0.2) is 0 Å². The number of ether oxygens (including phenoxy) is 1. The van der Waals surface area contributed by atoms with Crippen molar-refractivity contribution in [2.45, 2.75) is 23.2 Å². The zero-order valence-corrected chi connectivity index (χ0v) is 18.0. The van der Waals surface area contributed by atoms with Gasteiger partial charge in [0, 0.05) is 41.0 Å². The molecule has 32 heavy (non-hydrogen) atoms. The standard InChI is InChI=1S/C23H20F3N3O2S/c1-31-21-12-16-8-11-29(20(16)13-19(21)23(24,25)26)22(30)28-17-2-4-18(5-3-17)32-14-15-6-9-27-10-7-15/h2-7,9-10,12-13H,8,11,14H2,1H3,(H,28,30). The summed E-state index contributed by atoms with van der Waals surface area (Å²) in [6.45, 7) is 0.297. The molecule has 3 aromatic rings. The van der Waals surface area contributed by atoms with Crippen molar-refractivity contribution in [2.24, 2.45) is 0 Å². The average Bonchev–Trinajstić information content (AvgIpc) is 3.21. The van der Waals surface area contributed by atoms with Crippen LogP contribution in [0.25, 0.3) is 0 Å². The molecule has 1 aliphatic rings. The van der Waals surface area contributed by atoms with Crippen molar-refractivity contribution in [1.82, 2.24) is 4.98 Å². The number of anilines is 2. The van der Waals surface area contributed by atoms with Crippen LogP contribution in [0.2, 0.25) is 0 Å². The van der Waals surface area contributed by atoms with E-state index in [1.165, 1.54) is 18.1 Å². The number of rotatable bonds is 5. The van der Waals surface area contributed by atoms with Crippen molar-refractivity contribution in [2.75, 3.05) is 23.9 Å². The number of fused-ring (bicyclic) bond motifs is 1. The van der Waals surface area contributed by atoms with E-state index in [1.54, 1.807) is 36.3 Å². The fourth-order valence-corrected chi connectivity index (χ4v) is 4.34. The Morgan fingerprint density at radius 3 is 2.53 bits per heavy atom. The van der Waals surface area contributed by atoms with Gasteiger partial charge in [-0.2, -0.15) is 13.2 Å². The number of alkyl halides is 3. The van der Waals surface area contributed by atoms with Crippen LogP contribution in [0.1, 0.15) is 16.7 Å². The van der Waals surface area contributed by atoms with Crippen molar-refractivity contribution < 1.29 is 22.7 Å². The molecule has 0 saturated carbocycles. The van der Waals surface area contributed by atoms with Crippen LogP contribution >= 0.6 is 11.8 Å². The summed E-state index contributed by atoms with van der Waals surface area (Å²) in [6, 6.07) is 13.1. The predicted molar refractivity (Wildman–Crippen MR) is 118 cm³/mol. The van der Waals surface area contributed by atoms with E-state index < -0.39 is 17.8 Å². The number of hydrogen-bond acceptors (Lipinski definition) is 4. The molecule has 166 valence electrons. The third-order valence-corrected chi connectivity index (χ3v) is 6.19. The minimum absolute atomic E-state index is 0.238. The number of pyridine rings is 1. The lowest BCUT2D eigenvalue weighted by molar-refractivity contribution is -0.138. The Bertz CT molecular complexity index is 1110. The SMILES string of the molecule is COc1cc2c(cc1C(F)(F)F)N(C(=O)Nc1ccc(SCc3ccncc3)cc1)CC2. The molecule has 0 bridgehead atoms. The summed E-state index contributed by atoms with van der Waals surface area (Å²) in [5.74, 6) is 0.558. The molecule has 1 aliphatic heterocycles. The average molecular weight is 459 g/mol. The molecule has 0 spiro atoms. The number of methoxy groups -OCH3 is 1. The number of carbonyl (C=O) groups excluding carboxylic acids is 1. The first-order chi connectivity index (χ1) is 15.3. The molecule has 5 nitrogen and oxygen atoms in total. The number of nitrogens with one attached hydrogen (secondary N) is 1. The van der Waals surface area contributed by atoms with Gasteiger partial charge in [0.25, 0.3) is 0 Å². The van der Waals surface area contributed by atoms with Crippen LogP contribution in [-0.2, 0) is 18.3 Å². The Morgan fingerprint density at radius 1 is 1.16 bits per heavy atom. The number of benzene rings is 2. The van der Waals surface area contributed by atoms with Crippen molar-refractivity contribution in [1.29, 1.82) is 0 Å². The molecule has 9 heteroatoms. The van der Waals surface area contributed by atoms with E-state index in [9.17, 15) is 18.0 Å². The number of aromatic nitrogens is 1. The quantitative estimate of drug-likeness (QED) is 0.476. The molecule has 2 heterocycles. The van der Waals surface area contributed by atoms with Crippen LogP contribution in [-0.4, -0.2) is 24.7 Å². The van der Waals surface area contributed by atoms with E-state index in [1.807, 2.05) is 24.3 Å². The van der Waals surface area contributed by atoms with Gasteiger partial charge in [-0.3, -0.25) is 9.88 Å². The van der Waals surface area contributed by atoms with Crippen LogP contribution < -0.4 is 15.0 Å². The summed E-state index contributed by atoms with van der Waals surface area (Å²) in [6.07, 6.45) is -0.617. The fourth-order valence-electron chi connectivity index (χ4n) is 3.49. The smallest absolute Gasteiger partial charge is 0.420 e. The molecular weight excluding hydrogens is 439 g/mol. The van der Waals surface area contributed by atoms with Gasteiger partial charge in [-0.05, 0) is 66.1 Å². The maximum atomic E-state index is 13.4. The molecule has 2 amide bonds. The third kappa shape index (κ3) is 4.83. The van der Waals surface area contributed by atoms with E-state index in [0.717, 1.165) is 22.3 Å². The maximum Gasteiger partial charge on any atom is 0.420 e. The maximum absolute atomic E-state index is 13.4. The van der Waals surface area contributed by atoms with Gasteiger partial charge < -0.3 is 10.1 Å². The molecule has 2 aromatic carbocycles. The van der Waals surface area contributed by atoms with Crippen LogP contribution in [0.4, 0.5) is 29.3 Å². The topological polar surface area (TPSA) is 54.5 Å². The number of nitrogens with zero attached hydrogens (tertiary/aromatic N) is 2. The summed E-state index contributed by atoms with van der Waals surface area (Å²) in [7, 11) is 1.20. The summed E-state index contributed by atoms with van der Waals surface area (Å²) in [5, 5.41) is 2.77. The number of hydrogen-bond donors (Lipinski definition) is 1. The molecular formula is C23H20F3N3O2S. The van der Waals surface area contributed by atoms with Crippen molar-refractivity contribution in [3.05, 3.63) is 77.6 Å². The van der Waals surface area contributed by atoms with Gasteiger partial charge >= 0.3 is 12.2 Å². The summed E-state index contributed by atoms with van der Waals surface area (Å²) < 4.78 is 45.1. The molecule has 0 fully saturated rings. The lowest BCUT2D eigenvalue weighted by Gasteiger charge is -2.20. The van der Waals surface area contributed by atoms with Crippen molar-refractivity contribution in [3.8, 4) is 5.75 Å². The molecule has 0 aliphatic carbocycles. The molecule has 0 unspecified atom stereocenters. The first-order valence-corrected chi connectivity index (χ1v) is 10.8. The number of carbonyl (C=O) groups is 1. The lowest BCUT2D eigenvalue weighted by atomic mass is 10.1. The molecule has 0 atom stereocenters. The molecule has 1 N–H and O–H groups in total. The number of urea groups is 1. The Balaban J connectivity index is 1.44. The van der Waals surface area contributed by atoms with Crippen LogP contribution in [0, 0.1) is 0 Å². The highest BCUT2D eigenvalue weighted by molar-refractivity contribution is 7.98. The zero-order valence-electron chi connectivity index (χ0n) is 17.1. The van der Waals surface area contributed by atoms with E-state index in [4.69, 9.17) is 4.74 Å². The number of halogens is 3. The number of amides is 2.